The molecule has 1 saturated carbocycles. The predicted octanol–water partition coefficient (Wildman–Crippen LogP) is 5.32. The minimum Gasteiger partial charge on any atom is -0.314 e. The lowest BCUT2D eigenvalue weighted by molar-refractivity contribution is -0.0503. The molecular weight excluding hydrogens is 305 g/mol. The first-order valence-corrected chi connectivity index (χ1v) is 10.7. The van der Waals surface area contributed by atoms with Crippen molar-refractivity contribution in [3.63, 3.8) is 0 Å². The molecule has 4 unspecified atom stereocenters. The second-order valence-electron chi connectivity index (χ2n) is 7.82. The van der Waals surface area contributed by atoms with Gasteiger partial charge in [0.15, 0.2) is 0 Å². The van der Waals surface area contributed by atoms with E-state index in [-0.39, 0.29) is 11.6 Å². The lowest BCUT2D eigenvalue weighted by atomic mass is 9.71. The zero-order valence-corrected chi connectivity index (χ0v) is 15.8. The van der Waals surface area contributed by atoms with E-state index in [0.29, 0.717) is 24.5 Å². The fourth-order valence-electron chi connectivity index (χ4n) is 4.42. The Balaban J connectivity index is 1.93. The van der Waals surface area contributed by atoms with Gasteiger partial charge in [-0.2, -0.15) is 0 Å². The lowest BCUT2D eigenvalue weighted by Gasteiger charge is -2.56. The van der Waals surface area contributed by atoms with E-state index in [0.717, 1.165) is 6.42 Å². The van der Waals surface area contributed by atoms with Gasteiger partial charge in [-0.25, -0.2) is 4.67 Å². The van der Waals surface area contributed by atoms with Crippen LogP contribution in [0, 0.1) is 11.8 Å². The molecule has 0 spiro atoms. The molecule has 128 valence electrons. The molecule has 4 atom stereocenters. The molecule has 0 N–H and O–H groups in total. The van der Waals surface area contributed by atoms with Gasteiger partial charge in [0.05, 0.1) is 6.10 Å². The summed E-state index contributed by atoms with van der Waals surface area (Å²) >= 11 is 0. The number of fused-ring (bicyclic) bond motifs is 1. The molecule has 1 aliphatic carbocycles. The Labute approximate surface area is 140 Å². The van der Waals surface area contributed by atoms with Crippen LogP contribution in [0.3, 0.4) is 0 Å². The summed E-state index contributed by atoms with van der Waals surface area (Å²) in [5, 5.41) is 0. The molecule has 0 radical (unpaired) electrons. The van der Waals surface area contributed by atoms with Crippen molar-refractivity contribution >= 4 is 7.52 Å². The van der Waals surface area contributed by atoms with Crippen molar-refractivity contribution in [1.82, 2.24) is 4.67 Å². The van der Waals surface area contributed by atoms with E-state index in [1.165, 1.54) is 18.4 Å². The highest BCUT2D eigenvalue weighted by molar-refractivity contribution is 7.56. The molecular formula is C19H30NO2P. The summed E-state index contributed by atoms with van der Waals surface area (Å²) in [6, 6.07) is 10.4. The first-order chi connectivity index (χ1) is 10.9. The van der Waals surface area contributed by atoms with Crippen LogP contribution in [0.25, 0.3) is 0 Å². The van der Waals surface area contributed by atoms with Gasteiger partial charge in [0, 0.05) is 24.2 Å². The van der Waals surface area contributed by atoms with Crippen LogP contribution < -0.4 is 0 Å². The smallest absolute Gasteiger partial charge is 0.273 e. The van der Waals surface area contributed by atoms with Gasteiger partial charge in [-0.3, -0.25) is 4.57 Å². The largest absolute Gasteiger partial charge is 0.314 e. The third-order valence-corrected chi connectivity index (χ3v) is 8.66. The quantitative estimate of drug-likeness (QED) is 0.701. The van der Waals surface area contributed by atoms with Gasteiger partial charge >= 0.3 is 0 Å². The topological polar surface area (TPSA) is 29.5 Å². The number of benzene rings is 1. The predicted molar refractivity (Wildman–Crippen MR) is 95.6 cm³/mol. The van der Waals surface area contributed by atoms with Gasteiger partial charge in [0.2, 0.25) is 0 Å². The van der Waals surface area contributed by atoms with Gasteiger partial charge in [0.25, 0.3) is 7.52 Å². The van der Waals surface area contributed by atoms with Crippen molar-refractivity contribution in [2.24, 2.45) is 11.8 Å². The van der Waals surface area contributed by atoms with Gasteiger partial charge < -0.3 is 4.52 Å². The highest BCUT2D eigenvalue weighted by Gasteiger charge is 2.54. The Bertz CT molecular complexity index is 586. The fourth-order valence-corrected chi connectivity index (χ4v) is 6.99. The minimum atomic E-state index is -2.77. The van der Waals surface area contributed by atoms with Gasteiger partial charge in [0.1, 0.15) is 0 Å². The van der Waals surface area contributed by atoms with Gasteiger partial charge in [-0.05, 0) is 38.2 Å². The molecule has 4 heteroatoms. The monoisotopic (exact) mass is 335 g/mol. The summed E-state index contributed by atoms with van der Waals surface area (Å²) in [6.45, 7) is 9.54. The van der Waals surface area contributed by atoms with Crippen molar-refractivity contribution in [1.29, 1.82) is 0 Å². The van der Waals surface area contributed by atoms with Crippen molar-refractivity contribution in [3.05, 3.63) is 35.9 Å². The molecule has 1 saturated heterocycles. The van der Waals surface area contributed by atoms with Crippen LogP contribution in [0.1, 0.15) is 52.5 Å². The third-order valence-electron chi connectivity index (χ3n) is 5.87. The average molecular weight is 335 g/mol. The molecule has 1 aliphatic heterocycles. The van der Waals surface area contributed by atoms with E-state index in [1.807, 2.05) is 13.0 Å². The summed E-state index contributed by atoms with van der Waals surface area (Å²) in [6.07, 6.45) is 4.22. The van der Waals surface area contributed by atoms with E-state index >= 15 is 0 Å². The summed E-state index contributed by atoms with van der Waals surface area (Å²) in [4.78, 5) is 0. The Kier molecular flexibility index (Phi) is 4.75. The first-order valence-electron chi connectivity index (χ1n) is 8.96. The van der Waals surface area contributed by atoms with Gasteiger partial charge in [-0.1, -0.05) is 50.6 Å². The van der Waals surface area contributed by atoms with E-state index < -0.39 is 7.52 Å². The molecule has 0 bridgehead atoms. The number of hydrogen-bond acceptors (Lipinski definition) is 2. The first kappa shape index (κ1) is 17.2. The highest BCUT2D eigenvalue weighted by atomic mass is 31.2. The summed E-state index contributed by atoms with van der Waals surface area (Å²) < 4.78 is 22.1. The fraction of sp³-hybridized carbons (Fsp3) is 0.684. The van der Waals surface area contributed by atoms with Crippen LogP contribution in [0.15, 0.2) is 30.3 Å². The Hall–Kier alpha value is -0.630. The molecule has 0 aromatic heterocycles. The Morgan fingerprint density at radius 2 is 1.96 bits per heavy atom. The number of nitrogens with zero attached hydrogens (tertiary/aromatic N) is 1. The maximum atomic E-state index is 13.6. The third kappa shape index (κ3) is 3.16. The molecule has 23 heavy (non-hydrogen) atoms. The maximum Gasteiger partial charge on any atom is 0.273 e. The average Bonchev–Trinajstić information content (AvgIpc) is 2.52. The molecule has 0 amide bonds. The normalized spacial score (nSPS) is 37.3. The zero-order valence-electron chi connectivity index (χ0n) is 14.9. The molecule has 1 aromatic carbocycles. The molecule has 3 rings (SSSR count). The Morgan fingerprint density at radius 1 is 1.26 bits per heavy atom. The van der Waals surface area contributed by atoms with E-state index in [9.17, 15) is 4.57 Å². The minimum absolute atomic E-state index is 0.0928. The van der Waals surface area contributed by atoms with Crippen LogP contribution in [0.5, 0.6) is 0 Å². The van der Waals surface area contributed by atoms with E-state index in [2.05, 4.69) is 49.7 Å². The van der Waals surface area contributed by atoms with Crippen LogP contribution in [0.4, 0.5) is 0 Å². The number of hydrogen-bond donors (Lipinski definition) is 0. The van der Waals surface area contributed by atoms with E-state index in [4.69, 9.17) is 4.52 Å². The standard InChI is InChI=1S/C19H30NO2P/c1-5-23(21)20(14-16-9-7-6-8-10-16)19(3,4)17-12-11-15(2)13-18(17)22-23/h6-10,15,17-18H,5,11-14H2,1-4H3. The van der Waals surface area contributed by atoms with Crippen molar-refractivity contribution in [2.45, 2.75) is 65.1 Å². The van der Waals surface area contributed by atoms with Crippen LogP contribution in [-0.4, -0.2) is 22.5 Å². The highest BCUT2D eigenvalue weighted by Crippen LogP contribution is 2.64. The van der Waals surface area contributed by atoms with Crippen LogP contribution >= 0.6 is 7.52 Å². The SMILES string of the molecule is CCP1(=O)OC2CC(C)CCC2C(C)(C)N1Cc1ccccc1. The van der Waals surface area contributed by atoms with Crippen molar-refractivity contribution < 1.29 is 9.09 Å². The van der Waals surface area contributed by atoms with Gasteiger partial charge in [-0.15, -0.1) is 0 Å². The molecule has 1 heterocycles. The molecule has 2 fully saturated rings. The number of rotatable bonds is 3. The summed E-state index contributed by atoms with van der Waals surface area (Å²) in [7, 11) is -2.77. The summed E-state index contributed by atoms with van der Waals surface area (Å²) in [5.74, 6) is 1.15. The second-order valence-corrected chi connectivity index (χ2v) is 10.4. The summed E-state index contributed by atoms with van der Waals surface area (Å²) in [5.41, 5.74) is 1.12. The van der Waals surface area contributed by atoms with Crippen molar-refractivity contribution in [2.75, 3.05) is 6.16 Å². The molecule has 3 nitrogen and oxygen atoms in total. The maximum absolute atomic E-state index is 13.6. The zero-order chi connectivity index (χ0) is 16.7. The Morgan fingerprint density at radius 3 is 2.61 bits per heavy atom. The lowest BCUT2D eigenvalue weighted by Crippen LogP contribution is -2.57. The van der Waals surface area contributed by atoms with Crippen LogP contribution in [0.2, 0.25) is 0 Å². The molecule has 1 aromatic rings. The van der Waals surface area contributed by atoms with E-state index in [1.54, 1.807) is 0 Å². The van der Waals surface area contributed by atoms with Crippen molar-refractivity contribution in [3.8, 4) is 0 Å². The molecule has 2 aliphatic rings. The second kappa shape index (κ2) is 6.35. The van der Waals surface area contributed by atoms with Crippen LogP contribution in [-0.2, 0) is 15.6 Å².